The van der Waals surface area contributed by atoms with E-state index in [1.54, 1.807) is 5.56 Å². The van der Waals surface area contributed by atoms with Crippen LogP contribution < -0.4 is 4.90 Å². The molecule has 0 fully saturated rings. The van der Waals surface area contributed by atoms with Crippen LogP contribution in [0.25, 0.3) is 44.5 Å². The van der Waals surface area contributed by atoms with E-state index in [1.165, 1.54) is 96.4 Å². The summed E-state index contributed by atoms with van der Waals surface area (Å²) < 4.78 is 0. The van der Waals surface area contributed by atoms with Crippen molar-refractivity contribution in [3.05, 3.63) is 221 Å². The van der Waals surface area contributed by atoms with Crippen molar-refractivity contribution in [2.75, 3.05) is 4.90 Å². The van der Waals surface area contributed by atoms with E-state index in [4.69, 9.17) is 0 Å². The lowest BCUT2D eigenvalue weighted by Gasteiger charge is -2.34. The van der Waals surface area contributed by atoms with Gasteiger partial charge >= 0.3 is 0 Å². The first-order chi connectivity index (χ1) is 28.1. The maximum atomic E-state index is 2.61. The number of fused-ring (bicyclic) bond motifs is 11. The van der Waals surface area contributed by atoms with E-state index in [9.17, 15) is 0 Å². The Morgan fingerprint density at radius 2 is 0.965 bits per heavy atom. The van der Waals surface area contributed by atoms with Gasteiger partial charge in [0.15, 0.2) is 0 Å². The number of anilines is 3. The van der Waals surface area contributed by atoms with Gasteiger partial charge in [0.05, 0.1) is 11.1 Å². The van der Waals surface area contributed by atoms with E-state index < -0.39 is 5.41 Å². The molecule has 3 aliphatic rings. The van der Waals surface area contributed by atoms with Gasteiger partial charge in [0.25, 0.3) is 0 Å². The number of para-hydroxylation sites is 1. The van der Waals surface area contributed by atoms with E-state index in [2.05, 4.69) is 201 Å². The average Bonchev–Trinajstić information content (AvgIpc) is 3.73. The molecule has 0 saturated carbocycles. The molecule has 0 heterocycles. The minimum Gasteiger partial charge on any atom is -0.310 e. The second-order valence-corrected chi connectivity index (χ2v) is 16.4. The molecule has 0 bridgehead atoms. The van der Waals surface area contributed by atoms with Crippen LogP contribution >= 0.6 is 0 Å². The van der Waals surface area contributed by atoms with Crippen LogP contribution in [0.15, 0.2) is 182 Å². The molecule has 0 amide bonds. The van der Waals surface area contributed by atoms with E-state index in [0.29, 0.717) is 5.92 Å². The molecule has 1 heteroatoms. The summed E-state index contributed by atoms with van der Waals surface area (Å²) in [6.07, 6.45) is 4.73. The van der Waals surface area contributed by atoms with Crippen LogP contribution in [0.3, 0.4) is 0 Å². The van der Waals surface area contributed by atoms with Gasteiger partial charge < -0.3 is 4.90 Å². The highest BCUT2D eigenvalue weighted by Gasteiger charge is 2.52. The van der Waals surface area contributed by atoms with Crippen LogP contribution in [0.5, 0.6) is 0 Å². The van der Waals surface area contributed by atoms with Crippen molar-refractivity contribution in [2.24, 2.45) is 0 Å². The maximum Gasteiger partial charge on any atom is 0.0726 e. The first-order valence-electron chi connectivity index (χ1n) is 20.8. The first-order valence-corrected chi connectivity index (χ1v) is 20.8. The lowest BCUT2D eigenvalue weighted by molar-refractivity contribution is 0.684. The monoisotopic (exact) mass is 731 g/mol. The van der Waals surface area contributed by atoms with Crippen LogP contribution in [0, 0.1) is 0 Å². The molecule has 0 atom stereocenters. The topological polar surface area (TPSA) is 3.24 Å². The maximum absolute atomic E-state index is 2.61. The Labute approximate surface area is 336 Å². The molecule has 8 aromatic rings. The van der Waals surface area contributed by atoms with Crippen LogP contribution in [-0.2, 0) is 18.3 Å². The molecule has 0 aromatic heterocycles. The first kappa shape index (κ1) is 33.9. The summed E-state index contributed by atoms with van der Waals surface area (Å²) in [6.45, 7) is 4.74. The Balaban J connectivity index is 1.27. The SMILES string of the molecule is CC(C)c1ccc2c(c1-c1cc3c(cc1N(c1ccccc1)c1ccc(-c4ccccc4)cc1)C1(c4ccccc4-c4ccccc41)c1ccccc1-3)CCCC2. The lowest BCUT2D eigenvalue weighted by atomic mass is 9.70. The smallest absolute Gasteiger partial charge is 0.0726 e. The number of aryl methyl sites for hydroxylation is 1. The highest BCUT2D eigenvalue weighted by Crippen LogP contribution is 2.64. The molecule has 8 aromatic carbocycles. The van der Waals surface area contributed by atoms with E-state index >= 15 is 0 Å². The Kier molecular flexibility index (Phi) is 7.93. The van der Waals surface area contributed by atoms with Crippen LogP contribution in [0.2, 0.25) is 0 Å². The van der Waals surface area contributed by atoms with Gasteiger partial charge in [0.1, 0.15) is 0 Å². The standard InChI is InChI=1S/C56H45N/c1-37(2)43-34-31-40-19-9-10-22-44(40)55(43)49-35-48-47-25-13-16-28-52(47)56(50-26-14-11-23-45(50)46-24-12-15-27-51(46)56)53(48)36-54(49)57(41-20-7-4-8-21-41)42-32-29-39(30-33-42)38-17-5-3-6-18-38/h3-8,11-18,20-21,23-37H,9-10,19,22H2,1-2H3. The molecule has 3 aliphatic carbocycles. The van der Waals surface area contributed by atoms with Crippen molar-refractivity contribution < 1.29 is 0 Å². The van der Waals surface area contributed by atoms with Gasteiger partial charge in [-0.05, 0) is 146 Å². The summed E-state index contributed by atoms with van der Waals surface area (Å²) in [5.74, 6) is 0.371. The van der Waals surface area contributed by atoms with E-state index in [1.807, 2.05) is 0 Å². The Morgan fingerprint density at radius 1 is 0.439 bits per heavy atom. The Morgan fingerprint density at radius 3 is 1.60 bits per heavy atom. The van der Waals surface area contributed by atoms with Gasteiger partial charge in [-0.1, -0.05) is 159 Å². The molecule has 0 radical (unpaired) electrons. The summed E-state index contributed by atoms with van der Waals surface area (Å²) in [5.41, 5.74) is 23.6. The number of nitrogens with zero attached hydrogens (tertiary/aromatic N) is 1. The normalized spacial score (nSPS) is 14.2. The molecule has 1 nitrogen and oxygen atoms in total. The quantitative estimate of drug-likeness (QED) is 0.165. The number of hydrogen-bond donors (Lipinski definition) is 0. The lowest BCUT2D eigenvalue weighted by Crippen LogP contribution is -2.26. The zero-order chi connectivity index (χ0) is 38.1. The van der Waals surface area contributed by atoms with Crippen molar-refractivity contribution in [3.8, 4) is 44.5 Å². The minimum atomic E-state index is -0.442. The predicted molar refractivity (Wildman–Crippen MR) is 239 cm³/mol. The average molecular weight is 732 g/mol. The molecular weight excluding hydrogens is 687 g/mol. The van der Waals surface area contributed by atoms with Crippen molar-refractivity contribution in [1.29, 1.82) is 0 Å². The van der Waals surface area contributed by atoms with Crippen LogP contribution in [0.4, 0.5) is 17.1 Å². The third-order valence-electron chi connectivity index (χ3n) is 13.1. The van der Waals surface area contributed by atoms with Crippen molar-refractivity contribution in [1.82, 2.24) is 0 Å². The third-order valence-corrected chi connectivity index (χ3v) is 13.1. The second-order valence-electron chi connectivity index (χ2n) is 16.4. The minimum absolute atomic E-state index is 0.371. The molecule has 57 heavy (non-hydrogen) atoms. The van der Waals surface area contributed by atoms with Gasteiger partial charge in [-0.25, -0.2) is 0 Å². The molecule has 0 aliphatic heterocycles. The number of benzene rings is 8. The third kappa shape index (κ3) is 5.08. The highest BCUT2D eigenvalue weighted by atomic mass is 15.1. The van der Waals surface area contributed by atoms with E-state index in [-0.39, 0.29) is 0 Å². The molecule has 0 N–H and O–H groups in total. The summed E-state index contributed by atoms with van der Waals surface area (Å²) in [5, 5.41) is 0. The fourth-order valence-electron chi connectivity index (χ4n) is 10.6. The zero-order valence-corrected chi connectivity index (χ0v) is 32.7. The molecular formula is C56H45N. The Hall–Kier alpha value is -6.44. The summed E-state index contributed by atoms with van der Waals surface area (Å²) in [4.78, 5) is 2.54. The molecule has 274 valence electrons. The van der Waals surface area contributed by atoms with Crippen molar-refractivity contribution >= 4 is 17.1 Å². The summed E-state index contributed by atoms with van der Waals surface area (Å²) >= 11 is 0. The van der Waals surface area contributed by atoms with Crippen molar-refractivity contribution in [2.45, 2.75) is 50.9 Å². The predicted octanol–water partition coefficient (Wildman–Crippen LogP) is 14.8. The fraction of sp³-hybridized carbons (Fsp3) is 0.143. The largest absolute Gasteiger partial charge is 0.310 e. The van der Waals surface area contributed by atoms with Gasteiger partial charge in [0, 0.05) is 16.9 Å². The molecule has 0 unspecified atom stereocenters. The van der Waals surface area contributed by atoms with Gasteiger partial charge in [0.2, 0.25) is 0 Å². The van der Waals surface area contributed by atoms with Gasteiger partial charge in [-0.15, -0.1) is 0 Å². The summed E-state index contributed by atoms with van der Waals surface area (Å²) in [6, 6.07) is 68.6. The highest BCUT2D eigenvalue weighted by molar-refractivity contribution is 6.01. The Bertz CT molecular complexity index is 2760. The van der Waals surface area contributed by atoms with Gasteiger partial charge in [-0.2, -0.15) is 0 Å². The molecule has 0 saturated heterocycles. The molecule has 11 rings (SSSR count). The second kappa shape index (κ2) is 13.4. The fourth-order valence-corrected chi connectivity index (χ4v) is 10.6. The molecule has 1 spiro atoms. The van der Waals surface area contributed by atoms with Crippen LogP contribution in [-0.4, -0.2) is 0 Å². The zero-order valence-electron chi connectivity index (χ0n) is 32.7. The number of hydrogen-bond acceptors (Lipinski definition) is 1. The van der Waals surface area contributed by atoms with Crippen molar-refractivity contribution in [3.63, 3.8) is 0 Å². The van der Waals surface area contributed by atoms with E-state index in [0.717, 1.165) is 24.2 Å². The van der Waals surface area contributed by atoms with Gasteiger partial charge in [-0.3, -0.25) is 0 Å². The van der Waals surface area contributed by atoms with Crippen LogP contribution in [0.1, 0.15) is 71.6 Å². The number of rotatable bonds is 6. The summed E-state index contributed by atoms with van der Waals surface area (Å²) in [7, 11) is 0.